The van der Waals surface area contributed by atoms with Gasteiger partial charge in [-0.15, -0.1) is 0 Å². The minimum Gasteiger partial charge on any atom is -0.379 e. The molecule has 0 radical (unpaired) electrons. The molecule has 5 heteroatoms. The van der Waals surface area contributed by atoms with E-state index in [1.165, 1.54) is 12.1 Å². The highest BCUT2D eigenvalue weighted by Crippen LogP contribution is 2.17. The van der Waals surface area contributed by atoms with Crippen molar-refractivity contribution >= 4 is 5.91 Å². The molecule has 1 aromatic carbocycles. The van der Waals surface area contributed by atoms with Gasteiger partial charge in [0.05, 0.1) is 25.2 Å². The van der Waals surface area contributed by atoms with E-state index < -0.39 is 0 Å². The van der Waals surface area contributed by atoms with E-state index in [2.05, 4.69) is 10.6 Å². The first-order chi connectivity index (χ1) is 9.11. The van der Waals surface area contributed by atoms with Gasteiger partial charge in [0, 0.05) is 6.04 Å². The summed E-state index contributed by atoms with van der Waals surface area (Å²) in [6, 6.07) is 6.06. The number of benzene rings is 1. The first kappa shape index (κ1) is 14.0. The summed E-state index contributed by atoms with van der Waals surface area (Å²) < 4.78 is 18.2. The van der Waals surface area contributed by atoms with Crippen LogP contribution in [0.2, 0.25) is 0 Å². The number of carbonyl (C=O) groups is 1. The molecule has 1 aliphatic rings. The predicted molar refractivity (Wildman–Crippen MR) is 70.1 cm³/mol. The average molecular weight is 266 g/mol. The summed E-state index contributed by atoms with van der Waals surface area (Å²) in [5.41, 5.74) is 0.884. The maximum Gasteiger partial charge on any atom is 0.227 e. The molecule has 2 N–H and O–H groups in total. The van der Waals surface area contributed by atoms with Crippen LogP contribution >= 0.6 is 0 Å². The van der Waals surface area contributed by atoms with Crippen molar-refractivity contribution in [2.24, 2.45) is 5.92 Å². The lowest BCUT2D eigenvalue weighted by molar-refractivity contribution is -0.126. The van der Waals surface area contributed by atoms with E-state index in [-0.39, 0.29) is 29.7 Å². The van der Waals surface area contributed by atoms with Crippen LogP contribution in [0.1, 0.15) is 18.5 Å². The largest absolute Gasteiger partial charge is 0.379 e. The summed E-state index contributed by atoms with van der Waals surface area (Å²) in [6.45, 7) is 2.88. The maximum atomic E-state index is 12.8. The van der Waals surface area contributed by atoms with Crippen LogP contribution in [-0.4, -0.2) is 32.2 Å². The number of hydrogen-bond donors (Lipinski definition) is 2. The molecular formula is C14H19FN2O2. The second-order valence-corrected chi connectivity index (χ2v) is 4.82. The molecule has 1 fully saturated rings. The number of rotatable bonds is 4. The SMILES string of the molecule is CNC1COCC1C(=O)N[C@@H](C)c1ccc(F)cc1. The Kier molecular flexibility index (Phi) is 4.50. The fraction of sp³-hybridized carbons (Fsp3) is 0.500. The molecule has 0 bridgehead atoms. The highest BCUT2D eigenvalue weighted by atomic mass is 19.1. The van der Waals surface area contributed by atoms with Gasteiger partial charge in [-0.1, -0.05) is 12.1 Å². The lowest BCUT2D eigenvalue weighted by Crippen LogP contribution is -2.43. The van der Waals surface area contributed by atoms with E-state index in [1.807, 2.05) is 14.0 Å². The van der Waals surface area contributed by atoms with Crippen LogP contribution in [0.25, 0.3) is 0 Å². The summed E-state index contributed by atoms with van der Waals surface area (Å²) in [7, 11) is 1.82. The normalized spacial score (nSPS) is 24.2. The summed E-state index contributed by atoms with van der Waals surface area (Å²) in [5, 5.41) is 6.02. The molecule has 1 amide bonds. The van der Waals surface area contributed by atoms with Crippen molar-refractivity contribution in [2.75, 3.05) is 20.3 Å². The third-order valence-corrected chi connectivity index (χ3v) is 3.52. The van der Waals surface area contributed by atoms with Crippen LogP contribution < -0.4 is 10.6 Å². The molecule has 1 aromatic rings. The van der Waals surface area contributed by atoms with Crippen LogP contribution in [0.4, 0.5) is 4.39 Å². The summed E-state index contributed by atoms with van der Waals surface area (Å²) in [6.07, 6.45) is 0. The zero-order chi connectivity index (χ0) is 13.8. The molecule has 0 spiro atoms. The maximum absolute atomic E-state index is 12.8. The van der Waals surface area contributed by atoms with Crippen LogP contribution in [-0.2, 0) is 9.53 Å². The Morgan fingerprint density at radius 3 is 2.68 bits per heavy atom. The molecule has 1 heterocycles. The Morgan fingerprint density at radius 1 is 1.37 bits per heavy atom. The fourth-order valence-corrected chi connectivity index (χ4v) is 2.25. The van der Waals surface area contributed by atoms with Crippen molar-refractivity contribution in [3.63, 3.8) is 0 Å². The molecule has 104 valence electrons. The third-order valence-electron chi connectivity index (χ3n) is 3.52. The summed E-state index contributed by atoms with van der Waals surface area (Å²) >= 11 is 0. The minimum atomic E-state index is -0.276. The minimum absolute atomic E-state index is 0.0336. The Bertz CT molecular complexity index is 436. The zero-order valence-electron chi connectivity index (χ0n) is 11.2. The first-order valence-corrected chi connectivity index (χ1v) is 6.42. The fourth-order valence-electron chi connectivity index (χ4n) is 2.25. The van der Waals surface area contributed by atoms with Gasteiger partial charge in [0.25, 0.3) is 0 Å². The molecule has 2 rings (SSSR count). The van der Waals surface area contributed by atoms with Gasteiger partial charge >= 0.3 is 0 Å². The van der Waals surface area contributed by atoms with Gasteiger partial charge in [-0.05, 0) is 31.7 Å². The monoisotopic (exact) mass is 266 g/mol. The highest BCUT2D eigenvalue weighted by molar-refractivity contribution is 5.80. The van der Waals surface area contributed by atoms with Gasteiger partial charge in [0.2, 0.25) is 5.91 Å². The second-order valence-electron chi connectivity index (χ2n) is 4.82. The first-order valence-electron chi connectivity index (χ1n) is 6.42. The van der Waals surface area contributed by atoms with Gasteiger partial charge in [0.15, 0.2) is 0 Å². The van der Waals surface area contributed by atoms with E-state index in [0.29, 0.717) is 13.2 Å². The molecule has 3 atom stereocenters. The molecule has 0 aromatic heterocycles. The third kappa shape index (κ3) is 3.30. The smallest absolute Gasteiger partial charge is 0.227 e. The molecule has 0 aliphatic carbocycles. The lowest BCUT2D eigenvalue weighted by Gasteiger charge is -2.20. The van der Waals surface area contributed by atoms with E-state index >= 15 is 0 Å². The summed E-state index contributed by atoms with van der Waals surface area (Å²) in [4.78, 5) is 12.2. The second kappa shape index (κ2) is 6.12. The lowest BCUT2D eigenvalue weighted by atomic mass is 10.0. The summed E-state index contributed by atoms with van der Waals surface area (Å²) in [5.74, 6) is -0.483. The Balaban J connectivity index is 1.96. The topological polar surface area (TPSA) is 50.4 Å². The molecule has 0 saturated carbocycles. The van der Waals surface area contributed by atoms with Gasteiger partial charge < -0.3 is 15.4 Å². The van der Waals surface area contributed by atoms with Crippen molar-refractivity contribution in [1.82, 2.24) is 10.6 Å². The van der Waals surface area contributed by atoms with Crippen molar-refractivity contribution in [2.45, 2.75) is 19.0 Å². The number of carbonyl (C=O) groups excluding carboxylic acids is 1. The number of amides is 1. The van der Waals surface area contributed by atoms with E-state index in [1.54, 1.807) is 12.1 Å². The number of likely N-dealkylation sites (N-methyl/N-ethyl adjacent to an activating group) is 1. The van der Waals surface area contributed by atoms with Crippen LogP contribution in [0.5, 0.6) is 0 Å². The van der Waals surface area contributed by atoms with Crippen molar-refractivity contribution in [1.29, 1.82) is 0 Å². The quantitative estimate of drug-likeness (QED) is 0.862. The average Bonchev–Trinajstić information content (AvgIpc) is 2.87. The molecule has 2 unspecified atom stereocenters. The van der Waals surface area contributed by atoms with Gasteiger partial charge in [-0.3, -0.25) is 4.79 Å². The molecule has 1 saturated heterocycles. The predicted octanol–water partition coefficient (Wildman–Crippen LogP) is 1.24. The number of nitrogens with one attached hydrogen (secondary N) is 2. The van der Waals surface area contributed by atoms with E-state index in [0.717, 1.165) is 5.56 Å². The van der Waals surface area contributed by atoms with Crippen LogP contribution in [0.3, 0.4) is 0 Å². The number of halogens is 1. The van der Waals surface area contributed by atoms with E-state index in [4.69, 9.17) is 4.74 Å². The Hall–Kier alpha value is -1.46. The van der Waals surface area contributed by atoms with Gasteiger partial charge in [0.1, 0.15) is 5.82 Å². The molecule has 4 nitrogen and oxygen atoms in total. The van der Waals surface area contributed by atoms with Crippen LogP contribution in [0.15, 0.2) is 24.3 Å². The molecule has 19 heavy (non-hydrogen) atoms. The Labute approximate surface area is 112 Å². The van der Waals surface area contributed by atoms with Crippen molar-refractivity contribution in [3.8, 4) is 0 Å². The highest BCUT2D eigenvalue weighted by Gasteiger charge is 2.33. The van der Waals surface area contributed by atoms with Gasteiger partial charge in [-0.25, -0.2) is 4.39 Å². The van der Waals surface area contributed by atoms with Gasteiger partial charge in [-0.2, -0.15) is 0 Å². The van der Waals surface area contributed by atoms with E-state index in [9.17, 15) is 9.18 Å². The van der Waals surface area contributed by atoms with Crippen molar-refractivity contribution < 1.29 is 13.9 Å². The standard InChI is InChI=1S/C14H19FN2O2/c1-9(10-3-5-11(15)6-4-10)17-14(18)12-7-19-8-13(12)16-2/h3-6,9,12-13,16H,7-8H2,1-2H3,(H,17,18)/t9-,12?,13?/m0/s1. The van der Waals surface area contributed by atoms with Crippen molar-refractivity contribution in [3.05, 3.63) is 35.6 Å². The molecule has 1 aliphatic heterocycles. The van der Waals surface area contributed by atoms with Crippen LogP contribution in [0, 0.1) is 11.7 Å². The Morgan fingerprint density at radius 2 is 2.05 bits per heavy atom. The number of hydrogen-bond acceptors (Lipinski definition) is 3. The number of ether oxygens (including phenoxy) is 1. The zero-order valence-corrected chi connectivity index (χ0v) is 11.2. The molecular weight excluding hydrogens is 247 g/mol.